The van der Waals surface area contributed by atoms with Crippen molar-refractivity contribution in [1.82, 2.24) is 19.6 Å². The van der Waals surface area contributed by atoms with Crippen LogP contribution in [0.4, 0.5) is 5.69 Å². The van der Waals surface area contributed by atoms with Crippen LogP contribution in [0, 0.1) is 0 Å². The lowest BCUT2D eigenvalue weighted by molar-refractivity contribution is 0.720. The quantitative estimate of drug-likeness (QED) is 0.775. The van der Waals surface area contributed by atoms with Gasteiger partial charge in [0.25, 0.3) is 0 Å². The van der Waals surface area contributed by atoms with Gasteiger partial charge in [-0.15, -0.1) is 0 Å². The van der Waals surface area contributed by atoms with E-state index in [9.17, 15) is 0 Å². The van der Waals surface area contributed by atoms with Gasteiger partial charge in [-0.25, -0.2) is 4.68 Å². The number of rotatable bonds is 4. The summed E-state index contributed by atoms with van der Waals surface area (Å²) in [6.07, 6.45) is 5.50. The first-order valence-electron chi connectivity index (χ1n) is 6.14. The number of nitrogens with zero attached hydrogens (tertiary/aromatic N) is 4. The van der Waals surface area contributed by atoms with Gasteiger partial charge in [0.05, 0.1) is 17.9 Å². The Bertz CT molecular complexity index is 637. The highest BCUT2D eigenvalue weighted by Gasteiger charge is 1.99. The molecule has 3 rings (SSSR count). The van der Waals surface area contributed by atoms with Crippen LogP contribution in [0.2, 0.25) is 0 Å². The van der Waals surface area contributed by atoms with Crippen molar-refractivity contribution < 1.29 is 0 Å². The number of anilines is 1. The molecule has 0 saturated carbocycles. The van der Waals surface area contributed by atoms with E-state index in [4.69, 9.17) is 0 Å². The molecule has 1 aromatic carbocycles. The summed E-state index contributed by atoms with van der Waals surface area (Å²) in [6.45, 7) is 0.762. The molecule has 0 aliphatic rings. The molecule has 1 N–H and O–H groups in total. The predicted molar refractivity (Wildman–Crippen MR) is 74.1 cm³/mol. The zero-order chi connectivity index (χ0) is 13.1. The van der Waals surface area contributed by atoms with Gasteiger partial charge < -0.3 is 5.32 Å². The number of aromatic nitrogens is 4. The SMILES string of the molecule is Cn1nccc1CNc1ccc(-n2cccn2)cc1. The van der Waals surface area contributed by atoms with Crippen molar-refractivity contribution >= 4 is 5.69 Å². The molecule has 5 heteroatoms. The molecule has 0 aliphatic heterocycles. The van der Waals surface area contributed by atoms with Gasteiger partial charge in [-0.1, -0.05) is 0 Å². The highest BCUT2D eigenvalue weighted by atomic mass is 15.3. The Morgan fingerprint density at radius 1 is 1.05 bits per heavy atom. The van der Waals surface area contributed by atoms with Gasteiger partial charge in [0.1, 0.15) is 0 Å². The summed E-state index contributed by atoms with van der Waals surface area (Å²) in [6, 6.07) is 12.1. The second-order valence-corrected chi connectivity index (χ2v) is 4.30. The van der Waals surface area contributed by atoms with Crippen LogP contribution in [0.25, 0.3) is 5.69 Å². The molecule has 0 saturated heterocycles. The Hall–Kier alpha value is -2.56. The lowest BCUT2D eigenvalue weighted by Crippen LogP contribution is -2.05. The first-order valence-corrected chi connectivity index (χ1v) is 6.14. The van der Waals surface area contributed by atoms with Gasteiger partial charge in [0.2, 0.25) is 0 Å². The molecule has 0 radical (unpaired) electrons. The summed E-state index contributed by atoms with van der Waals surface area (Å²) < 4.78 is 3.70. The minimum Gasteiger partial charge on any atom is -0.379 e. The summed E-state index contributed by atoms with van der Waals surface area (Å²) in [5.41, 5.74) is 3.28. The van der Waals surface area contributed by atoms with Crippen LogP contribution in [-0.4, -0.2) is 19.6 Å². The van der Waals surface area contributed by atoms with E-state index >= 15 is 0 Å². The topological polar surface area (TPSA) is 47.7 Å². The fourth-order valence-corrected chi connectivity index (χ4v) is 1.92. The lowest BCUT2D eigenvalue weighted by Gasteiger charge is -2.08. The minimum atomic E-state index is 0.762. The molecule has 3 aromatic rings. The van der Waals surface area contributed by atoms with Crippen LogP contribution in [0.3, 0.4) is 0 Å². The van der Waals surface area contributed by atoms with Gasteiger partial charge >= 0.3 is 0 Å². The van der Waals surface area contributed by atoms with Crippen molar-refractivity contribution in [1.29, 1.82) is 0 Å². The van der Waals surface area contributed by atoms with Crippen molar-refractivity contribution in [2.45, 2.75) is 6.54 Å². The van der Waals surface area contributed by atoms with Crippen molar-refractivity contribution in [3.63, 3.8) is 0 Å². The lowest BCUT2D eigenvalue weighted by atomic mass is 10.2. The number of benzene rings is 1. The van der Waals surface area contributed by atoms with E-state index < -0.39 is 0 Å². The first-order chi connectivity index (χ1) is 9.33. The number of nitrogens with one attached hydrogen (secondary N) is 1. The third-order valence-corrected chi connectivity index (χ3v) is 3.03. The van der Waals surface area contributed by atoms with E-state index in [2.05, 4.69) is 15.5 Å². The molecule has 0 bridgehead atoms. The van der Waals surface area contributed by atoms with Crippen LogP contribution in [0.1, 0.15) is 5.69 Å². The molecule has 0 fully saturated rings. The van der Waals surface area contributed by atoms with Crippen LogP contribution >= 0.6 is 0 Å². The van der Waals surface area contributed by atoms with Crippen LogP contribution in [0.15, 0.2) is 55.0 Å². The van der Waals surface area contributed by atoms with Crippen molar-refractivity contribution in [2.24, 2.45) is 7.05 Å². The highest BCUT2D eigenvalue weighted by Crippen LogP contribution is 2.13. The Morgan fingerprint density at radius 2 is 1.89 bits per heavy atom. The standard InChI is InChI=1S/C14H15N5/c1-18-14(7-9-16-18)11-15-12-3-5-13(6-4-12)19-10-2-8-17-19/h2-10,15H,11H2,1H3. The molecule has 19 heavy (non-hydrogen) atoms. The molecule has 2 heterocycles. The van der Waals surface area contributed by atoms with Gasteiger partial charge in [0.15, 0.2) is 0 Å². The van der Waals surface area contributed by atoms with E-state index in [1.54, 1.807) is 12.4 Å². The third kappa shape index (κ3) is 2.49. The Morgan fingerprint density at radius 3 is 2.53 bits per heavy atom. The smallest absolute Gasteiger partial charge is 0.0647 e. The zero-order valence-corrected chi connectivity index (χ0v) is 10.7. The van der Waals surface area contributed by atoms with Gasteiger partial charge in [-0.05, 0) is 36.4 Å². The monoisotopic (exact) mass is 253 g/mol. The summed E-state index contributed by atoms with van der Waals surface area (Å²) in [7, 11) is 1.94. The van der Waals surface area contributed by atoms with Gasteiger partial charge in [-0.3, -0.25) is 4.68 Å². The largest absolute Gasteiger partial charge is 0.379 e. The number of hydrogen-bond acceptors (Lipinski definition) is 3. The maximum absolute atomic E-state index is 4.20. The first kappa shape index (κ1) is 11.5. The summed E-state index contributed by atoms with van der Waals surface area (Å²) >= 11 is 0. The van der Waals surface area contributed by atoms with E-state index in [1.807, 2.05) is 59.0 Å². The van der Waals surface area contributed by atoms with Crippen LogP contribution in [0.5, 0.6) is 0 Å². The van der Waals surface area contributed by atoms with Crippen molar-refractivity contribution in [2.75, 3.05) is 5.32 Å². The Kier molecular flexibility index (Phi) is 3.02. The second kappa shape index (κ2) is 4.97. The summed E-state index contributed by atoms with van der Waals surface area (Å²) in [5.74, 6) is 0. The van der Waals surface area contributed by atoms with Crippen LogP contribution < -0.4 is 5.32 Å². The molecule has 5 nitrogen and oxygen atoms in total. The fourth-order valence-electron chi connectivity index (χ4n) is 1.92. The molecule has 0 amide bonds. The molecule has 96 valence electrons. The average Bonchev–Trinajstić information content (AvgIpc) is 3.09. The Balaban J connectivity index is 1.68. The maximum Gasteiger partial charge on any atom is 0.0647 e. The van der Waals surface area contributed by atoms with Gasteiger partial charge in [0, 0.05) is 31.3 Å². The normalized spacial score (nSPS) is 10.6. The van der Waals surface area contributed by atoms with Gasteiger partial charge in [-0.2, -0.15) is 10.2 Å². The summed E-state index contributed by atoms with van der Waals surface area (Å²) in [5, 5.41) is 11.7. The molecular formula is C14H15N5. The molecule has 0 unspecified atom stereocenters. The van der Waals surface area contributed by atoms with E-state index in [1.165, 1.54) is 0 Å². The maximum atomic E-state index is 4.20. The van der Waals surface area contributed by atoms with Crippen LogP contribution in [-0.2, 0) is 13.6 Å². The Labute approximate surface area is 111 Å². The predicted octanol–water partition coefficient (Wildman–Crippen LogP) is 2.22. The minimum absolute atomic E-state index is 0.762. The molecule has 0 aliphatic carbocycles. The number of aryl methyl sites for hydroxylation is 1. The highest BCUT2D eigenvalue weighted by molar-refractivity contribution is 5.48. The second-order valence-electron chi connectivity index (χ2n) is 4.30. The zero-order valence-electron chi connectivity index (χ0n) is 10.7. The third-order valence-electron chi connectivity index (χ3n) is 3.03. The fraction of sp³-hybridized carbons (Fsp3) is 0.143. The molecular weight excluding hydrogens is 238 g/mol. The van der Waals surface area contributed by atoms with E-state index in [0.29, 0.717) is 0 Å². The molecule has 2 aromatic heterocycles. The van der Waals surface area contributed by atoms with Crippen molar-refractivity contribution in [3.8, 4) is 5.69 Å². The summed E-state index contributed by atoms with van der Waals surface area (Å²) in [4.78, 5) is 0. The molecule has 0 spiro atoms. The average molecular weight is 253 g/mol. The molecule has 0 atom stereocenters. The number of hydrogen-bond donors (Lipinski definition) is 1. The van der Waals surface area contributed by atoms with E-state index in [0.717, 1.165) is 23.6 Å². The van der Waals surface area contributed by atoms with Crippen molar-refractivity contribution in [3.05, 3.63) is 60.7 Å². The van der Waals surface area contributed by atoms with E-state index in [-0.39, 0.29) is 0 Å².